The average molecular weight is 332 g/mol. The molecule has 2 nitrogen and oxygen atoms in total. The third kappa shape index (κ3) is 2.51. The van der Waals surface area contributed by atoms with E-state index in [-0.39, 0.29) is 5.91 Å². The number of benzene rings is 3. The lowest BCUT2D eigenvalue weighted by molar-refractivity contribution is 0.0999. The summed E-state index contributed by atoms with van der Waals surface area (Å²) in [4.78, 5) is 15.0. The van der Waals surface area contributed by atoms with Crippen LogP contribution in [0.2, 0.25) is 5.02 Å². The number of nitrogens with zero attached hydrogens (tertiary/aromatic N) is 1. The number of hydrogen-bond acceptors (Lipinski definition) is 1. The van der Waals surface area contributed by atoms with Crippen LogP contribution in [0.25, 0.3) is 12.2 Å². The quantitative estimate of drug-likeness (QED) is 0.551. The van der Waals surface area contributed by atoms with Crippen molar-refractivity contribution in [2.45, 2.75) is 0 Å². The lowest BCUT2D eigenvalue weighted by Gasteiger charge is -2.25. The van der Waals surface area contributed by atoms with Crippen molar-refractivity contribution in [1.82, 2.24) is 0 Å². The van der Waals surface area contributed by atoms with Crippen molar-refractivity contribution in [3.8, 4) is 0 Å². The molecule has 1 aliphatic heterocycles. The normalized spacial score (nSPS) is 12.3. The minimum Gasteiger partial charge on any atom is -0.276 e. The molecule has 1 aliphatic rings. The molecule has 1 heterocycles. The Balaban J connectivity index is 1.93. The highest BCUT2D eigenvalue weighted by Crippen LogP contribution is 2.37. The maximum Gasteiger partial charge on any atom is 0.262 e. The molecule has 4 rings (SSSR count). The van der Waals surface area contributed by atoms with Gasteiger partial charge in [-0.15, -0.1) is 0 Å². The van der Waals surface area contributed by atoms with Crippen LogP contribution in [0.4, 0.5) is 11.4 Å². The third-order valence-electron chi connectivity index (χ3n) is 4.07. The zero-order chi connectivity index (χ0) is 16.5. The fourth-order valence-corrected chi connectivity index (χ4v) is 3.13. The molecule has 0 N–H and O–H groups in total. The molecular weight excluding hydrogens is 318 g/mol. The summed E-state index contributed by atoms with van der Waals surface area (Å²) >= 11 is 6.08. The van der Waals surface area contributed by atoms with Crippen LogP contribution >= 0.6 is 11.6 Å². The molecule has 0 spiro atoms. The lowest BCUT2D eigenvalue weighted by Crippen LogP contribution is -2.26. The summed E-state index contributed by atoms with van der Waals surface area (Å²) in [6.45, 7) is 0. The van der Waals surface area contributed by atoms with E-state index in [0.29, 0.717) is 10.6 Å². The van der Waals surface area contributed by atoms with Gasteiger partial charge in [-0.2, -0.15) is 0 Å². The predicted octanol–water partition coefficient (Wildman–Crippen LogP) is 5.80. The Morgan fingerprint density at radius 3 is 1.92 bits per heavy atom. The lowest BCUT2D eigenvalue weighted by atomic mass is 10.1. The van der Waals surface area contributed by atoms with Crippen LogP contribution in [0.1, 0.15) is 21.5 Å². The van der Waals surface area contributed by atoms with Crippen molar-refractivity contribution in [2.24, 2.45) is 0 Å². The van der Waals surface area contributed by atoms with Gasteiger partial charge in [0.2, 0.25) is 0 Å². The van der Waals surface area contributed by atoms with Crippen LogP contribution in [0.15, 0.2) is 72.8 Å². The standard InChI is InChI=1S/C21H14ClNO/c22-18-9-5-8-17(14-18)21(24)23-19-10-3-1-6-15(19)12-13-16-7-2-4-11-20(16)23/h1-14H. The molecule has 24 heavy (non-hydrogen) atoms. The largest absolute Gasteiger partial charge is 0.276 e. The summed E-state index contributed by atoms with van der Waals surface area (Å²) in [5.41, 5.74) is 4.30. The second kappa shape index (κ2) is 5.99. The van der Waals surface area contributed by atoms with Crippen molar-refractivity contribution < 1.29 is 4.79 Å². The first-order valence-electron chi connectivity index (χ1n) is 7.70. The predicted molar refractivity (Wildman–Crippen MR) is 99.7 cm³/mol. The van der Waals surface area contributed by atoms with Gasteiger partial charge in [-0.25, -0.2) is 0 Å². The first kappa shape index (κ1) is 14.7. The molecule has 1 amide bonds. The fraction of sp³-hybridized carbons (Fsp3) is 0. The maximum absolute atomic E-state index is 13.3. The van der Waals surface area contributed by atoms with Crippen molar-refractivity contribution in [3.63, 3.8) is 0 Å². The smallest absolute Gasteiger partial charge is 0.262 e. The number of fused-ring (bicyclic) bond motifs is 2. The van der Waals surface area contributed by atoms with Gasteiger partial charge in [-0.3, -0.25) is 9.69 Å². The van der Waals surface area contributed by atoms with E-state index < -0.39 is 0 Å². The van der Waals surface area contributed by atoms with Crippen LogP contribution in [-0.4, -0.2) is 5.91 Å². The van der Waals surface area contributed by atoms with Gasteiger partial charge in [0.15, 0.2) is 0 Å². The topological polar surface area (TPSA) is 20.3 Å². The highest BCUT2D eigenvalue weighted by Gasteiger charge is 2.24. The summed E-state index contributed by atoms with van der Waals surface area (Å²) in [6, 6.07) is 22.8. The first-order valence-corrected chi connectivity index (χ1v) is 8.08. The van der Waals surface area contributed by atoms with E-state index in [1.54, 1.807) is 29.2 Å². The minimum atomic E-state index is -0.0962. The molecule has 116 valence electrons. The van der Waals surface area contributed by atoms with Gasteiger partial charge in [-0.1, -0.05) is 66.2 Å². The highest BCUT2D eigenvalue weighted by atomic mass is 35.5. The second-order valence-corrected chi connectivity index (χ2v) is 6.04. The molecule has 0 aromatic heterocycles. The summed E-state index contributed by atoms with van der Waals surface area (Å²) in [7, 11) is 0. The van der Waals surface area contributed by atoms with Gasteiger partial charge in [0.05, 0.1) is 11.4 Å². The number of rotatable bonds is 1. The molecule has 0 bridgehead atoms. The van der Waals surface area contributed by atoms with E-state index >= 15 is 0 Å². The van der Waals surface area contributed by atoms with Gasteiger partial charge in [0.25, 0.3) is 5.91 Å². The van der Waals surface area contributed by atoms with Crippen molar-refractivity contribution in [1.29, 1.82) is 0 Å². The SMILES string of the molecule is O=C(c1cccc(Cl)c1)N1c2ccccc2C=Cc2ccccc21. The third-order valence-corrected chi connectivity index (χ3v) is 4.31. The Kier molecular flexibility index (Phi) is 3.68. The average Bonchev–Trinajstić information content (AvgIpc) is 2.78. The van der Waals surface area contributed by atoms with Crippen LogP contribution in [0, 0.1) is 0 Å². The zero-order valence-electron chi connectivity index (χ0n) is 12.8. The van der Waals surface area contributed by atoms with E-state index in [4.69, 9.17) is 11.6 Å². The highest BCUT2D eigenvalue weighted by molar-refractivity contribution is 6.31. The minimum absolute atomic E-state index is 0.0962. The number of anilines is 2. The number of carbonyl (C=O) groups excluding carboxylic acids is 1. The Morgan fingerprint density at radius 1 is 0.750 bits per heavy atom. The maximum atomic E-state index is 13.3. The van der Waals surface area contributed by atoms with Crippen molar-refractivity contribution in [3.05, 3.63) is 94.5 Å². The Bertz CT molecular complexity index is 912. The fourth-order valence-electron chi connectivity index (χ4n) is 2.94. The van der Waals surface area contributed by atoms with Crippen molar-refractivity contribution >= 4 is 41.0 Å². The number of halogens is 1. The summed E-state index contributed by atoms with van der Waals surface area (Å²) < 4.78 is 0. The number of carbonyl (C=O) groups is 1. The molecule has 0 fully saturated rings. The molecule has 0 saturated carbocycles. The monoisotopic (exact) mass is 331 g/mol. The van der Waals surface area contributed by atoms with E-state index in [0.717, 1.165) is 22.5 Å². The van der Waals surface area contributed by atoms with Gasteiger partial charge in [0, 0.05) is 10.6 Å². The van der Waals surface area contributed by atoms with E-state index in [1.165, 1.54) is 0 Å². The molecule has 0 saturated heterocycles. The Hall–Kier alpha value is -2.84. The van der Waals surface area contributed by atoms with Gasteiger partial charge in [0.1, 0.15) is 0 Å². The zero-order valence-corrected chi connectivity index (χ0v) is 13.6. The number of para-hydroxylation sites is 2. The molecule has 0 radical (unpaired) electrons. The van der Waals surface area contributed by atoms with E-state index in [2.05, 4.69) is 0 Å². The van der Waals surface area contributed by atoms with Crippen LogP contribution in [-0.2, 0) is 0 Å². The summed E-state index contributed by atoms with van der Waals surface area (Å²) in [6.07, 6.45) is 4.08. The van der Waals surface area contributed by atoms with E-state index in [9.17, 15) is 4.79 Å². The van der Waals surface area contributed by atoms with Crippen molar-refractivity contribution in [2.75, 3.05) is 4.90 Å². The van der Waals surface area contributed by atoms with Crippen LogP contribution in [0.5, 0.6) is 0 Å². The molecule has 0 aliphatic carbocycles. The number of amides is 1. The number of hydrogen-bond donors (Lipinski definition) is 0. The molecule has 3 aromatic carbocycles. The second-order valence-electron chi connectivity index (χ2n) is 5.60. The van der Waals surface area contributed by atoms with Crippen LogP contribution in [0.3, 0.4) is 0 Å². The molecule has 0 atom stereocenters. The van der Waals surface area contributed by atoms with Crippen LogP contribution < -0.4 is 4.90 Å². The van der Waals surface area contributed by atoms with Gasteiger partial charge in [-0.05, 0) is 41.5 Å². The molecule has 3 heteroatoms. The molecular formula is C21H14ClNO. The summed E-state index contributed by atoms with van der Waals surface area (Å²) in [5, 5.41) is 0.551. The Morgan fingerprint density at radius 2 is 1.33 bits per heavy atom. The Labute approximate surface area is 145 Å². The van der Waals surface area contributed by atoms with Gasteiger partial charge < -0.3 is 0 Å². The van der Waals surface area contributed by atoms with Gasteiger partial charge >= 0.3 is 0 Å². The summed E-state index contributed by atoms with van der Waals surface area (Å²) in [5.74, 6) is -0.0962. The van der Waals surface area contributed by atoms with E-state index in [1.807, 2.05) is 60.7 Å². The molecule has 0 unspecified atom stereocenters. The molecule has 3 aromatic rings. The first-order chi connectivity index (χ1) is 11.7.